The Morgan fingerprint density at radius 2 is 0.562 bits per heavy atom. The molecular formula is C58H102O6. The molecule has 0 aliphatic heterocycles. The predicted molar refractivity (Wildman–Crippen MR) is 275 cm³/mol. The summed E-state index contributed by atoms with van der Waals surface area (Å²) in [6.45, 7) is 6.59. The summed E-state index contributed by atoms with van der Waals surface area (Å²) < 4.78 is 16.8. The van der Waals surface area contributed by atoms with Crippen molar-refractivity contribution in [2.24, 2.45) is 0 Å². The molecule has 6 nitrogen and oxygen atoms in total. The maximum absolute atomic E-state index is 12.8. The molecule has 6 heteroatoms. The van der Waals surface area contributed by atoms with Crippen LogP contribution in [0.15, 0.2) is 60.8 Å². The van der Waals surface area contributed by atoms with Crippen molar-refractivity contribution in [3.8, 4) is 0 Å². The van der Waals surface area contributed by atoms with E-state index in [2.05, 4.69) is 81.5 Å². The first-order valence-electron chi connectivity index (χ1n) is 27.3. The van der Waals surface area contributed by atoms with Crippen molar-refractivity contribution in [3.05, 3.63) is 60.8 Å². The van der Waals surface area contributed by atoms with Gasteiger partial charge in [0.15, 0.2) is 6.10 Å². The molecule has 0 fully saturated rings. The Balaban J connectivity index is 4.44. The molecule has 0 radical (unpaired) electrons. The van der Waals surface area contributed by atoms with E-state index in [1.807, 2.05) is 0 Å². The summed E-state index contributed by atoms with van der Waals surface area (Å²) in [6.07, 6.45) is 64.9. The van der Waals surface area contributed by atoms with E-state index in [0.717, 1.165) is 89.9 Å². The summed E-state index contributed by atoms with van der Waals surface area (Å²) in [5, 5.41) is 0. The molecule has 0 bridgehead atoms. The molecule has 0 aliphatic carbocycles. The molecule has 0 saturated carbocycles. The molecule has 0 aromatic rings. The van der Waals surface area contributed by atoms with Crippen LogP contribution >= 0.6 is 0 Å². The summed E-state index contributed by atoms with van der Waals surface area (Å²) in [5.74, 6) is -0.930. The van der Waals surface area contributed by atoms with Gasteiger partial charge in [-0.15, -0.1) is 0 Å². The van der Waals surface area contributed by atoms with Gasteiger partial charge in [-0.2, -0.15) is 0 Å². The topological polar surface area (TPSA) is 78.9 Å². The standard InChI is InChI=1S/C58H102O6/c1-4-7-10-13-16-19-22-25-27-29-30-32-33-36-39-42-45-48-51-57(60)63-54-55(53-62-56(59)50-47-44-41-38-35-24-21-18-15-12-9-6-3)64-58(61)52-49-46-43-40-37-34-31-28-26-23-20-17-14-11-8-5-2/h22,25,27-32,34,37,55H,4-21,23-24,26,33,35-36,38-54H2,1-3H3/b25-22-,29-27-,31-28-,32-30-,37-34-. The molecule has 0 rings (SSSR count). The van der Waals surface area contributed by atoms with Crippen molar-refractivity contribution in [1.29, 1.82) is 0 Å². The Labute approximate surface area is 396 Å². The first kappa shape index (κ1) is 61.1. The third-order valence-electron chi connectivity index (χ3n) is 11.8. The number of hydrogen-bond donors (Lipinski definition) is 0. The number of allylic oxidation sites excluding steroid dienone is 10. The van der Waals surface area contributed by atoms with Gasteiger partial charge in [0.05, 0.1) is 0 Å². The normalized spacial score (nSPS) is 12.5. The van der Waals surface area contributed by atoms with E-state index in [1.165, 1.54) is 141 Å². The molecule has 1 unspecified atom stereocenters. The zero-order valence-electron chi connectivity index (χ0n) is 42.3. The average Bonchev–Trinajstić information content (AvgIpc) is 3.29. The highest BCUT2D eigenvalue weighted by Gasteiger charge is 2.19. The van der Waals surface area contributed by atoms with Gasteiger partial charge in [-0.1, -0.05) is 242 Å². The van der Waals surface area contributed by atoms with Crippen LogP contribution in [0.1, 0.15) is 271 Å². The van der Waals surface area contributed by atoms with Crippen molar-refractivity contribution >= 4 is 17.9 Å². The second-order valence-corrected chi connectivity index (χ2v) is 18.2. The quantitative estimate of drug-likeness (QED) is 0.0262. The molecule has 0 aromatic heterocycles. The average molecular weight is 895 g/mol. The van der Waals surface area contributed by atoms with Gasteiger partial charge >= 0.3 is 17.9 Å². The number of ether oxygens (including phenoxy) is 3. The minimum Gasteiger partial charge on any atom is -0.462 e. The number of esters is 3. The first-order chi connectivity index (χ1) is 31.5. The van der Waals surface area contributed by atoms with E-state index >= 15 is 0 Å². The third kappa shape index (κ3) is 50.1. The SMILES string of the molecule is CCCCCCC\C=C/C=C\C=C/CCCCCCCC(=O)OCC(COC(=O)CCCCCCCCCCCCCC)OC(=O)CCCCC/C=C\C=C/CCCCCCCCC. The Morgan fingerprint density at radius 3 is 0.891 bits per heavy atom. The molecule has 0 N–H and O–H groups in total. The van der Waals surface area contributed by atoms with Crippen LogP contribution in [0.3, 0.4) is 0 Å². The molecule has 1 atom stereocenters. The Morgan fingerprint density at radius 1 is 0.312 bits per heavy atom. The van der Waals surface area contributed by atoms with Gasteiger partial charge in [-0.3, -0.25) is 14.4 Å². The van der Waals surface area contributed by atoms with Gasteiger partial charge in [-0.25, -0.2) is 0 Å². The van der Waals surface area contributed by atoms with E-state index < -0.39 is 6.10 Å². The third-order valence-corrected chi connectivity index (χ3v) is 11.8. The zero-order chi connectivity index (χ0) is 46.5. The van der Waals surface area contributed by atoms with Crippen LogP contribution in [-0.2, 0) is 28.6 Å². The lowest BCUT2D eigenvalue weighted by molar-refractivity contribution is -0.167. The van der Waals surface area contributed by atoms with Crippen molar-refractivity contribution in [3.63, 3.8) is 0 Å². The Bertz CT molecular complexity index is 1170. The van der Waals surface area contributed by atoms with Crippen molar-refractivity contribution in [2.45, 2.75) is 277 Å². The molecule has 370 valence electrons. The lowest BCUT2D eigenvalue weighted by Crippen LogP contribution is -2.30. The molecule has 0 spiro atoms. The molecule has 0 aromatic carbocycles. The van der Waals surface area contributed by atoms with Crippen molar-refractivity contribution in [2.75, 3.05) is 13.2 Å². The fraction of sp³-hybridized carbons (Fsp3) is 0.776. The second kappa shape index (κ2) is 52.7. The molecular weight excluding hydrogens is 793 g/mol. The number of hydrogen-bond acceptors (Lipinski definition) is 6. The molecule has 0 amide bonds. The highest BCUT2D eigenvalue weighted by atomic mass is 16.6. The molecule has 0 aliphatic rings. The minimum absolute atomic E-state index is 0.0898. The lowest BCUT2D eigenvalue weighted by Gasteiger charge is -2.18. The van der Waals surface area contributed by atoms with Crippen LogP contribution in [0, 0.1) is 0 Å². The fourth-order valence-electron chi connectivity index (χ4n) is 7.67. The van der Waals surface area contributed by atoms with Crippen molar-refractivity contribution < 1.29 is 28.6 Å². The Kier molecular flexibility index (Phi) is 50.4. The number of carbonyl (C=O) groups is 3. The van der Waals surface area contributed by atoms with Crippen LogP contribution in [0.5, 0.6) is 0 Å². The van der Waals surface area contributed by atoms with E-state index in [4.69, 9.17) is 14.2 Å². The first-order valence-corrected chi connectivity index (χ1v) is 27.3. The van der Waals surface area contributed by atoms with Gasteiger partial charge in [0.25, 0.3) is 0 Å². The monoisotopic (exact) mass is 895 g/mol. The summed E-state index contributed by atoms with van der Waals surface area (Å²) in [5.41, 5.74) is 0. The van der Waals surface area contributed by atoms with E-state index in [1.54, 1.807) is 0 Å². The van der Waals surface area contributed by atoms with E-state index in [9.17, 15) is 14.4 Å². The summed E-state index contributed by atoms with van der Waals surface area (Å²) >= 11 is 0. The van der Waals surface area contributed by atoms with E-state index in [-0.39, 0.29) is 31.1 Å². The maximum atomic E-state index is 12.8. The molecule has 0 heterocycles. The number of rotatable bonds is 49. The highest BCUT2D eigenvalue weighted by Crippen LogP contribution is 2.15. The molecule has 64 heavy (non-hydrogen) atoms. The summed E-state index contributed by atoms with van der Waals surface area (Å²) in [4.78, 5) is 38.0. The maximum Gasteiger partial charge on any atom is 0.306 e. The van der Waals surface area contributed by atoms with Crippen LogP contribution < -0.4 is 0 Å². The Hall–Kier alpha value is -2.89. The summed E-state index contributed by atoms with van der Waals surface area (Å²) in [7, 11) is 0. The minimum atomic E-state index is -0.794. The predicted octanol–water partition coefficient (Wildman–Crippen LogP) is 18.0. The van der Waals surface area contributed by atoms with Gasteiger partial charge in [0.2, 0.25) is 0 Å². The fourth-order valence-corrected chi connectivity index (χ4v) is 7.67. The number of unbranched alkanes of at least 4 members (excludes halogenated alkanes) is 31. The summed E-state index contributed by atoms with van der Waals surface area (Å²) in [6, 6.07) is 0. The van der Waals surface area contributed by atoms with Gasteiger partial charge in [0.1, 0.15) is 13.2 Å². The van der Waals surface area contributed by atoms with E-state index in [0.29, 0.717) is 19.3 Å². The second-order valence-electron chi connectivity index (χ2n) is 18.2. The van der Waals surface area contributed by atoms with Crippen LogP contribution in [0.25, 0.3) is 0 Å². The smallest absolute Gasteiger partial charge is 0.306 e. The zero-order valence-corrected chi connectivity index (χ0v) is 42.3. The lowest BCUT2D eigenvalue weighted by atomic mass is 10.0. The van der Waals surface area contributed by atoms with Gasteiger partial charge < -0.3 is 14.2 Å². The van der Waals surface area contributed by atoms with Gasteiger partial charge in [0, 0.05) is 19.3 Å². The van der Waals surface area contributed by atoms with Crippen LogP contribution in [0.2, 0.25) is 0 Å². The van der Waals surface area contributed by atoms with Crippen LogP contribution in [0.4, 0.5) is 0 Å². The number of carbonyl (C=O) groups excluding carboxylic acids is 3. The molecule has 0 saturated heterocycles. The van der Waals surface area contributed by atoms with Gasteiger partial charge in [-0.05, 0) is 70.6 Å². The van der Waals surface area contributed by atoms with Crippen LogP contribution in [-0.4, -0.2) is 37.2 Å². The van der Waals surface area contributed by atoms with Crippen molar-refractivity contribution in [1.82, 2.24) is 0 Å². The largest absolute Gasteiger partial charge is 0.462 e. The highest BCUT2D eigenvalue weighted by molar-refractivity contribution is 5.71.